The van der Waals surface area contributed by atoms with E-state index in [2.05, 4.69) is 21.2 Å². The molecule has 4 nitrogen and oxygen atoms in total. The topological polar surface area (TPSA) is 49.4 Å². The summed E-state index contributed by atoms with van der Waals surface area (Å²) in [5, 5.41) is 5.57. The molecule has 0 bridgehead atoms. The number of carbonyl (C=O) groups is 2. The minimum atomic E-state index is -0.409. The zero-order valence-electron chi connectivity index (χ0n) is 15.2. The molecule has 28 heavy (non-hydrogen) atoms. The predicted octanol–water partition coefficient (Wildman–Crippen LogP) is 5.56. The molecular weight excluding hydrogens is 440 g/mol. The van der Waals surface area contributed by atoms with E-state index in [1.807, 2.05) is 55.5 Å². The van der Waals surface area contributed by atoms with E-state index >= 15 is 0 Å². The lowest BCUT2D eigenvalue weighted by Gasteiger charge is -2.19. The number of hydrogen-bond donors (Lipinski definition) is 1. The van der Waals surface area contributed by atoms with Crippen LogP contribution in [-0.4, -0.2) is 18.4 Å². The highest BCUT2D eigenvalue weighted by Gasteiger charge is 2.35. The summed E-state index contributed by atoms with van der Waals surface area (Å²) in [5.74, 6) is -0.618. The van der Waals surface area contributed by atoms with Gasteiger partial charge in [0.25, 0.3) is 0 Å². The van der Waals surface area contributed by atoms with Crippen molar-refractivity contribution in [3.63, 3.8) is 0 Å². The van der Waals surface area contributed by atoms with Gasteiger partial charge in [0.05, 0.1) is 16.6 Å². The average Bonchev–Trinajstić information content (AvgIpc) is 3.09. The number of fused-ring (bicyclic) bond motifs is 1. The smallest absolute Gasteiger partial charge is 0.229 e. The van der Waals surface area contributed by atoms with Gasteiger partial charge in [0.1, 0.15) is 0 Å². The Labute approximate surface area is 176 Å². The molecule has 2 amide bonds. The van der Waals surface area contributed by atoms with Crippen molar-refractivity contribution in [3.8, 4) is 0 Å². The van der Waals surface area contributed by atoms with Crippen LogP contribution in [0.5, 0.6) is 0 Å². The molecule has 0 spiro atoms. The van der Waals surface area contributed by atoms with Gasteiger partial charge < -0.3 is 10.2 Å². The molecule has 0 saturated carbocycles. The predicted molar refractivity (Wildman–Crippen MR) is 117 cm³/mol. The highest BCUT2D eigenvalue weighted by molar-refractivity contribution is 9.10. The number of nitrogens with zero attached hydrogens (tertiary/aromatic N) is 1. The van der Waals surface area contributed by atoms with Gasteiger partial charge >= 0.3 is 0 Å². The maximum atomic E-state index is 12.8. The molecule has 4 rings (SSSR count). The van der Waals surface area contributed by atoms with Crippen LogP contribution in [0.4, 0.5) is 11.4 Å². The van der Waals surface area contributed by atoms with Gasteiger partial charge in [-0.05, 0) is 52.0 Å². The summed E-state index contributed by atoms with van der Waals surface area (Å²) in [7, 11) is 0. The van der Waals surface area contributed by atoms with E-state index in [1.165, 1.54) is 0 Å². The van der Waals surface area contributed by atoms with Crippen LogP contribution in [0.2, 0.25) is 5.02 Å². The lowest BCUT2D eigenvalue weighted by Crippen LogP contribution is -2.28. The molecule has 1 aliphatic heterocycles. The van der Waals surface area contributed by atoms with Crippen LogP contribution in [0, 0.1) is 12.8 Å². The van der Waals surface area contributed by atoms with Crippen LogP contribution >= 0.6 is 27.5 Å². The fraction of sp³-hybridized carbons (Fsp3) is 0.182. The van der Waals surface area contributed by atoms with Crippen molar-refractivity contribution in [1.29, 1.82) is 0 Å². The highest BCUT2D eigenvalue weighted by atomic mass is 79.9. The molecule has 1 heterocycles. The number of amides is 2. The number of rotatable bonds is 3. The van der Waals surface area contributed by atoms with E-state index in [1.54, 1.807) is 11.0 Å². The summed E-state index contributed by atoms with van der Waals surface area (Å²) in [4.78, 5) is 27.2. The summed E-state index contributed by atoms with van der Waals surface area (Å²) >= 11 is 9.63. The number of hydrogen-bond acceptors (Lipinski definition) is 2. The SMILES string of the molecule is Cc1c(NC(=O)[C@@H]2CC(=O)N(c3cccc4ccccc34)C2)ccc(Br)c1Cl. The largest absolute Gasteiger partial charge is 0.325 e. The van der Waals surface area contributed by atoms with Gasteiger partial charge in [0.15, 0.2) is 0 Å². The fourth-order valence-electron chi connectivity index (χ4n) is 3.58. The minimum Gasteiger partial charge on any atom is -0.325 e. The maximum Gasteiger partial charge on any atom is 0.229 e. The third-order valence-electron chi connectivity index (χ3n) is 5.15. The summed E-state index contributed by atoms with van der Waals surface area (Å²) < 4.78 is 0.780. The Hall–Kier alpha value is -2.37. The van der Waals surface area contributed by atoms with Gasteiger partial charge in [-0.3, -0.25) is 9.59 Å². The summed E-state index contributed by atoms with van der Waals surface area (Å²) in [5.41, 5.74) is 2.30. The molecule has 1 atom stereocenters. The second kappa shape index (κ2) is 7.57. The molecule has 6 heteroatoms. The second-order valence-corrected chi connectivity index (χ2v) is 8.16. The van der Waals surface area contributed by atoms with Crippen molar-refractivity contribution in [2.45, 2.75) is 13.3 Å². The molecule has 0 aliphatic carbocycles. The minimum absolute atomic E-state index is 0.0398. The Morgan fingerprint density at radius 1 is 1.14 bits per heavy atom. The fourth-order valence-corrected chi connectivity index (χ4v) is 4.18. The zero-order valence-corrected chi connectivity index (χ0v) is 17.5. The van der Waals surface area contributed by atoms with E-state index in [0.29, 0.717) is 17.3 Å². The van der Waals surface area contributed by atoms with Gasteiger partial charge in [0, 0.05) is 28.5 Å². The van der Waals surface area contributed by atoms with Crippen molar-refractivity contribution >= 4 is 61.5 Å². The second-order valence-electron chi connectivity index (χ2n) is 6.93. The Morgan fingerprint density at radius 2 is 1.89 bits per heavy atom. The third kappa shape index (κ3) is 3.40. The molecule has 3 aromatic carbocycles. The van der Waals surface area contributed by atoms with Crippen LogP contribution in [0.1, 0.15) is 12.0 Å². The van der Waals surface area contributed by atoms with E-state index in [4.69, 9.17) is 11.6 Å². The Bertz CT molecular complexity index is 1090. The van der Waals surface area contributed by atoms with Crippen molar-refractivity contribution in [2.75, 3.05) is 16.8 Å². The van der Waals surface area contributed by atoms with Crippen LogP contribution in [0.15, 0.2) is 59.1 Å². The summed E-state index contributed by atoms with van der Waals surface area (Å²) in [6.07, 6.45) is 0.193. The molecule has 0 radical (unpaired) electrons. The van der Waals surface area contributed by atoms with Gasteiger partial charge in [-0.25, -0.2) is 0 Å². The van der Waals surface area contributed by atoms with E-state index in [0.717, 1.165) is 26.5 Å². The van der Waals surface area contributed by atoms with Crippen molar-refractivity contribution in [3.05, 3.63) is 69.7 Å². The van der Waals surface area contributed by atoms with Crippen LogP contribution in [0.25, 0.3) is 10.8 Å². The van der Waals surface area contributed by atoms with Crippen molar-refractivity contribution in [1.82, 2.24) is 0 Å². The first-order valence-corrected chi connectivity index (χ1v) is 10.2. The maximum absolute atomic E-state index is 12.8. The lowest BCUT2D eigenvalue weighted by molar-refractivity contribution is -0.122. The number of benzene rings is 3. The Balaban J connectivity index is 1.56. The molecule has 1 aliphatic rings. The van der Waals surface area contributed by atoms with Crippen molar-refractivity contribution < 1.29 is 9.59 Å². The normalized spacial score (nSPS) is 16.6. The van der Waals surface area contributed by atoms with Gasteiger partial charge in [-0.1, -0.05) is 48.0 Å². The van der Waals surface area contributed by atoms with E-state index < -0.39 is 5.92 Å². The number of anilines is 2. The first-order valence-electron chi connectivity index (χ1n) is 8.99. The van der Waals surface area contributed by atoms with Crippen LogP contribution < -0.4 is 10.2 Å². The van der Waals surface area contributed by atoms with E-state index in [9.17, 15) is 9.59 Å². The lowest BCUT2D eigenvalue weighted by atomic mass is 10.1. The van der Waals surface area contributed by atoms with Crippen LogP contribution in [0.3, 0.4) is 0 Å². The molecule has 1 N–H and O–H groups in total. The first-order chi connectivity index (χ1) is 13.5. The summed E-state index contributed by atoms with van der Waals surface area (Å²) in [6.45, 7) is 2.22. The Kier molecular flexibility index (Phi) is 5.13. The molecule has 1 fully saturated rings. The van der Waals surface area contributed by atoms with Crippen molar-refractivity contribution in [2.24, 2.45) is 5.92 Å². The molecule has 142 valence electrons. The molecule has 0 aromatic heterocycles. The van der Waals surface area contributed by atoms with Gasteiger partial charge in [-0.2, -0.15) is 0 Å². The van der Waals surface area contributed by atoms with Gasteiger partial charge in [0.2, 0.25) is 11.8 Å². The molecule has 1 saturated heterocycles. The molecule has 0 unspecified atom stereocenters. The number of halogens is 2. The monoisotopic (exact) mass is 456 g/mol. The van der Waals surface area contributed by atoms with E-state index in [-0.39, 0.29) is 18.2 Å². The van der Waals surface area contributed by atoms with Gasteiger partial charge in [-0.15, -0.1) is 0 Å². The molecule has 3 aromatic rings. The standard InChI is InChI=1S/C22H18BrClN2O2/c1-13-18(10-9-17(23)21(13)24)25-22(28)15-11-20(27)26(12-15)19-8-4-6-14-5-2-3-7-16(14)19/h2-10,15H,11-12H2,1H3,(H,25,28)/t15-/m1/s1. The number of carbonyl (C=O) groups excluding carboxylic acids is 2. The Morgan fingerprint density at radius 3 is 2.71 bits per heavy atom. The first kappa shape index (κ1) is 19.0. The number of nitrogens with one attached hydrogen (secondary N) is 1. The summed E-state index contributed by atoms with van der Waals surface area (Å²) in [6, 6.07) is 17.4. The quantitative estimate of drug-likeness (QED) is 0.560. The van der Waals surface area contributed by atoms with Crippen LogP contribution in [-0.2, 0) is 9.59 Å². The zero-order chi connectivity index (χ0) is 19.8. The third-order valence-corrected chi connectivity index (χ3v) is 6.53. The average molecular weight is 458 g/mol. The molecular formula is C22H18BrClN2O2. The highest BCUT2D eigenvalue weighted by Crippen LogP contribution is 2.34.